The van der Waals surface area contributed by atoms with Crippen LogP contribution in [-0.2, 0) is 21.2 Å². The maximum absolute atomic E-state index is 12.8. The number of nitrogens with one attached hydrogen (secondary N) is 1. The molecule has 0 aliphatic heterocycles. The summed E-state index contributed by atoms with van der Waals surface area (Å²) in [5.41, 5.74) is 7.32. The Kier molecular flexibility index (Phi) is 9.42. The van der Waals surface area contributed by atoms with Crippen molar-refractivity contribution in [2.24, 2.45) is 5.73 Å². The van der Waals surface area contributed by atoms with Crippen LogP contribution >= 0.6 is 12.2 Å². The van der Waals surface area contributed by atoms with E-state index >= 15 is 0 Å². The number of anilines is 1. The molecule has 0 fully saturated rings. The highest BCUT2D eigenvalue weighted by Crippen LogP contribution is 2.20. The van der Waals surface area contributed by atoms with Crippen LogP contribution in [0.1, 0.15) is 43.6 Å². The number of nitrogens with two attached hydrogens (primary N) is 1. The second kappa shape index (κ2) is 12.3. The average Bonchev–Trinajstić information content (AvgIpc) is 2.86. The normalized spacial score (nSPS) is 12.4. The van der Waals surface area contributed by atoms with Crippen molar-refractivity contribution < 1.29 is 23.1 Å². The Morgan fingerprint density at radius 3 is 2.34 bits per heavy atom. The van der Waals surface area contributed by atoms with Crippen molar-refractivity contribution in [1.82, 2.24) is 9.88 Å². The molecule has 0 aliphatic rings. The van der Waals surface area contributed by atoms with Gasteiger partial charge in [-0.2, -0.15) is 0 Å². The summed E-state index contributed by atoms with van der Waals surface area (Å²) in [7, 11) is -3.80. The zero-order chi connectivity index (χ0) is 27.9. The molecule has 0 bridgehead atoms. The number of hydrogen-bond acceptors (Lipinski definition) is 7. The number of aliphatic hydroxyl groups is 1. The van der Waals surface area contributed by atoms with Crippen molar-refractivity contribution in [2.45, 2.75) is 43.8 Å². The molecule has 1 atom stereocenters. The predicted octanol–water partition coefficient (Wildman–Crippen LogP) is 4.03. The number of hydrogen-bond donors (Lipinski definition) is 3. The topological polar surface area (TPSA) is 135 Å². The first-order valence-electron chi connectivity index (χ1n) is 11.9. The van der Waals surface area contributed by atoms with E-state index < -0.39 is 27.8 Å². The van der Waals surface area contributed by atoms with Gasteiger partial charge in [-0.05, 0) is 63.1 Å². The number of aliphatic hydroxyl groups excluding tert-OH is 1. The number of pyridine rings is 1. The Morgan fingerprint density at radius 2 is 1.79 bits per heavy atom. The molecule has 0 saturated carbocycles. The van der Waals surface area contributed by atoms with Gasteiger partial charge in [-0.25, -0.2) is 13.2 Å². The van der Waals surface area contributed by atoms with E-state index in [-0.39, 0.29) is 23.0 Å². The van der Waals surface area contributed by atoms with Crippen molar-refractivity contribution in [3.8, 4) is 0 Å². The van der Waals surface area contributed by atoms with E-state index in [4.69, 9.17) is 22.7 Å². The van der Waals surface area contributed by atoms with E-state index in [0.29, 0.717) is 23.2 Å². The van der Waals surface area contributed by atoms with Crippen molar-refractivity contribution >= 4 is 39.0 Å². The molecule has 3 aromatic rings. The molecular weight excluding hydrogens is 524 g/mol. The minimum Gasteiger partial charge on any atom is -0.444 e. The monoisotopic (exact) mass is 556 g/mol. The van der Waals surface area contributed by atoms with E-state index in [1.54, 1.807) is 81.7 Å². The smallest absolute Gasteiger partial charge is 0.410 e. The highest BCUT2D eigenvalue weighted by atomic mass is 32.2. The lowest BCUT2D eigenvalue weighted by Crippen LogP contribution is -2.40. The molecule has 1 heterocycles. The summed E-state index contributed by atoms with van der Waals surface area (Å²) in [6.07, 6.45) is 2.17. The highest BCUT2D eigenvalue weighted by molar-refractivity contribution is 7.92. The van der Waals surface area contributed by atoms with Gasteiger partial charge >= 0.3 is 6.09 Å². The number of carbonyl (C=O) groups is 1. The molecule has 0 radical (unpaired) electrons. The third-order valence-corrected chi connectivity index (χ3v) is 7.07. The van der Waals surface area contributed by atoms with Crippen molar-refractivity contribution in [3.05, 3.63) is 89.7 Å². The third kappa shape index (κ3) is 8.51. The summed E-state index contributed by atoms with van der Waals surface area (Å²) in [5, 5.41) is 10.6. The van der Waals surface area contributed by atoms with Crippen LogP contribution in [0.2, 0.25) is 0 Å². The Bertz CT molecular complexity index is 1340. The van der Waals surface area contributed by atoms with Crippen LogP contribution in [0.15, 0.2) is 78.0 Å². The number of benzene rings is 2. The summed E-state index contributed by atoms with van der Waals surface area (Å²) >= 11 is 4.90. The fraction of sp³-hybridized carbons (Fsp3) is 0.296. The molecule has 0 spiro atoms. The molecule has 202 valence electrons. The van der Waals surface area contributed by atoms with Crippen LogP contribution in [0, 0.1) is 0 Å². The first-order valence-corrected chi connectivity index (χ1v) is 13.8. The lowest BCUT2D eigenvalue weighted by atomic mass is 10.1. The summed E-state index contributed by atoms with van der Waals surface area (Å²) in [6.45, 7) is 5.66. The molecule has 1 amide bonds. The molecule has 4 N–H and O–H groups in total. The van der Waals surface area contributed by atoms with Crippen molar-refractivity contribution in [1.29, 1.82) is 0 Å². The fourth-order valence-electron chi connectivity index (χ4n) is 3.49. The van der Waals surface area contributed by atoms with Crippen LogP contribution in [0.3, 0.4) is 0 Å². The lowest BCUT2D eigenvalue weighted by molar-refractivity contribution is 0.0146. The Balaban J connectivity index is 1.66. The molecule has 9 nitrogen and oxygen atoms in total. The Hall–Kier alpha value is -3.54. The largest absolute Gasteiger partial charge is 0.444 e. The van der Waals surface area contributed by atoms with Gasteiger partial charge in [-0.15, -0.1) is 0 Å². The van der Waals surface area contributed by atoms with Gasteiger partial charge in [-0.1, -0.05) is 42.5 Å². The van der Waals surface area contributed by atoms with Crippen molar-refractivity contribution in [3.63, 3.8) is 0 Å². The molecule has 0 unspecified atom stereocenters. The SMILES string of the molecule is CC(C)(C)OC(=O)N(CCc1ccc(NS(=O)(=O)c2ccc(C(N)=S)cc2)cc1)C[C@H](O)c1cccnc1. The van der Waals surface area contributed by atoms with Gasteiger partial charge in [0.1, 0.15) is 10.6 Å². The standard InChI is InChI=1S/C27H32N4O5S2/c1-27(2,3)36-26(33)31(18-24(32)21-5-4-15-29-17-21)16-14-19-6-10-22(11-7-19)30-38(34,35)23-12-8-20(9-13-23)25(28)37/h4-13,15,17,24,30,32H,14,16,18H2,1-3H3,(H2,28,37)/t24-/m0/s1. The van der Waals surface area contributed by atoms with Gasteiger partial charge in [0.25, 0.3) is 10.0 Å². The fourth-order valence-corrected chi connectivity index (χ4v) is 4.68. The number of aromatic nitrogens is 1. The first kappa shape index (κ1) is 29.0. The van der Waals surface area contributed by atoms with Crippen LogP contribution in [0.25, 0.3) is 0 Å². The number of thiocarbonyl (C=S) groups is 1. The second-order valence-electron chi connectivity index (χ2n) is 9.67. The van der Waals surface area contributed by atoms with Gasteiger partial charge in [0, 0.05) is 35.8 Å². The maximum Gasteiger partial charge on any atom is 0.410 e. The Labute approximate surface area is 228 Å². The zero-order valence-electron chi connectivity index (χ0n) is 21.5. The molecule has 38 heavy (non-hydrogen) atoms. The second-order valence-corrected chi connectivity index (χ2v) is 11.8. The molecule has 1 aromatic heterocycles. The third-order valence-electron chi connectivity index (χ3n) is 5.44. The van der Waals surface area contributed by atoms with E-state index in [2.05, 4.69) is 9.71 Å². The first-order chi connectivity index (χ1) is 17.8. The molecule has 2 aromatic carbocycles. The van der Waals surface area contributed by atoms with E-state index in [0.717, 1.165) is 5.56 Å². The quantitative estimate of drug-likeness (QED) is 0.319. The number of sulfonamides is 1. The minimum absolute atomic E-state index is 0.0339. The van der Waals surface area contributed by atoms with Gasteiger partial charge in [0.05, 0.1) is 17.5 Å². The average molecular weight is 557 g/mol. The molecular formula is C27H32N4O5S2. The van der Waals surface area contributed by atoms with Crippen LogP contribution in [-0.4, -0.2) is 53.2 Å². The van der Waals surface area contributed by atoms with E-state index in [9.17, 15) is 18.3 Å². The zero-order valence-corrected chi connectivity index (χ0v) is 23.1. The number of nitrogens with zero attached hydrogens (tertiary/aromatic N) is 2. The van der Waals surface area contributed by atoms with Crippen LogP contribution < -0.4 is 10.5 Å². The Morgan fingerprint density at radius 1 is 1.13 bits per heavy atom. The van der Waals surface area contributed by atoms with Gasteiger partial charge < -0.3 is 20.5 Å². The number of rotatable bonds is 10. The number of ether oxygens (including phenoxy) is 1. The summed E-state index contributed by atoms with van der Waals surface area (Å²) in [4.78, 5) is 18.6. The van der Waals surface area contributed by atoms with Gasteiger partial charge in [0.15, 0.2) is 0 Å². The molecule has 0 saturated heterocycles. The number of carbonyl (C=O) groups excluding carboxylic acids is 1. The summed E-state index contributed by atoms with van der Waals surface area (Å²) in [6, 6.07) is 16.3. The predicted molar refractivity (Wildman–Crippen MR) is 150 cm³/mol. The molecule has 3 rings (SSSR count). The van der Waals surface area contributed by atoms with Crippen LogP contribution in [0.4, 0.5) is 10.5 Å². The minimum atomic E-state index is -3.80. The van der Waals surface area contributed by atoms with Gasteiger partial charge in [0.2, 0.25) is 0 Å². The molecule has 0 aliphatic carbocycles. The van der Waals surface area contributed by atoms with Crippen molar-refractivity contribution in [2.75, 3.05) is 17.8 Å². The van der Waals surface area contributed by atoms with E-state index in [1.807, 2.05) is 0 Å². The highest BCUT2D eigenvalue weighted by Gasteiger charge is 2.24. The summed E-state index contributed by atoms with van der Waals surface area (Å²) < 4.78 is 33.5. The number of amides is 1. The van der Waals surface area contributed by atoms with E-state index in [1.165, 1.54) is 17.0 Å². The molecule has 11 heteroatoms. The van der Waals surface area contributed by atoms with Crippen LogP contribution in [0.5, 0.6) is 0 Å². The van der Waals surface area contributed by atoms with Gasteiger partial charge in [-0.3, -0.25) is 9.71 Å². The summed E-state index contributed by atoms with van der Waals surface area (Å²) in [5.74, 6) is 0. The maximum atomic E-state index is 12.8. The lowest BCUT2D eigenvalue weighted by Gasteiger charge is -2.29.